The Balaban J connectivity index is 1.79. The number of fused-ring (bicyclic) bond motifs is 1. The van der Waals surface area contributed by atoms with Crippen molar-refractivity contribution in [3.05, 3.63) is 59.7 Å². The van der Waals surface area contributed by atoms with E-state index in [1.54, 1.807) is 25.1 Å². The highest BCUT2D eigenvalue weighted by Crippen LogP contribution is 2.39. The molecule has 0 saturated carbocycles. The fourth-order valence-corrected chi connectivity index (χ4v) is 2.82. The average molecular weight is 356 g/mol. The Hall–Kier alpha value is -3.02. The summed E-state index contributed by atoms with van der Waals surface area (Å²) in [6, 6.07) is 15.0. The third-order valence-corrected chi connectivity index (χ3v) is 4.13. The summed E-state index contributed by atoms with van der Waals surface area (Å²) in [5.74, 6) is -0.542. The minimum absolute atomic E-state index is 0.0623. The second-order valence-electron chi connectivity index (χ2n) is 5.86. The Labute approximate surface area is 151 Å². The van der Waals surface area contributed by atoms with Gasteiger partial charge in [0.1, 0.15) is 18.1 Å². The molecule has 0 fully saturated rings. The van der Waals surface area contributed by atoms with E-state index in [0.717, 1.165) is 11.1 Å². The van der Waals surface area contributed by atoms with Crippen molar-refractivity contribution in [3.63, 3.8) is 0 Å². The van der Waals surface area contributed by atoms with Crippen LogP contribution in [0.3, 0.4) is 0 Å². The lowest BCUT2D eigenvalue weighted by Crippen LogP contribution is -2.52. The van der Waals surface area contributed by atoms with Crippen LogP contribution in [0, 0.1) is 0 Å². The van der Waals surface area contributed by atoms with Crippen molar-refractivity contribution in [2.24, 2.45) is 0 Å². The molecule has 1 heterocycles. The molecule has 1 unspecified atom stereocenters. The lowest BCUT2D eigenvalue weighted by molar-refractivity contribution is -0.176. The Morgan fingerprint density at radius 1 is 1.12 bits per heavy atom. The smallest absolute Gasteiger partial charge is 0.362 e. The van der Waals surface area contributed by atoms with E-state index in [-0.39, 0.29) is 13.0 Å². The maximum absolute atomic E-state index is 12.4. The van der Waals surface area contributed by atoms with Gasteiger partial charge in [0.2, 0.25) is 0 Å². The molecule has 0 radical (unpaired) electrons. The molecular weight excluding hydrogens is 336 g/mol. The molecule has 1 aliphatic rings. The van der Waals surface area contributed by atoms with E-state index in [0.29, 0.717) is 18.1 Å². The molecule has 6 heteroatoms. The number of esters is 2. The molecule has 2 aromatic carbocycles. The maximum atomic E-state index is 12.4. The van der Waals surface area contributed by atoms with E-state index < -0.39 is 17.5 Å². The first-order valence-corrected chi connectivity index (χ1v) is 8.33. The van der Waals surface area contributed by atoms with Crippen LogP contribution in [0.15, 0.2) is 48.5 Å². The second-order valence-corrected chi connectivity index (χ2v) is 5.86. The van der Waals surface area contributed by atoms with Crippen molar-refractivity contribution in [3.8, 4) is 11.5 Å². The van der Waals surface area contributed by atoms with Crippen molar-refractivity contribution in [1.82, 2.24) is 0 Å². The Kier molecular flexibility index (Phi) is 5.11. The normalized spacial score (nSPS) is 17.8. The molecule has 2 aromatic rings. The zero-order valence-corrected chi connectivity index (χ0v) is 14.7. The van der Waals surface area contributed by atoms with Crippen LogP contribution in [0.2, 0.25) is 0 Å². The highest BCUT2D eigenvalue weighted by Gasteiger charge is 2.55. The topological polar surface area (TPSA) is 71.1 Å². The van der Waals surface area contributed by atoms with Gasteiger partial charge < -0.3 is 18.9 Å². The third-order valence-electron chi connectivity index (χ3n) is 4.13. The van der Waals surface area contributed by atoms with E-state index in [9.17, 15) is 9.59 Å². The number of hydrogen-bond donors (Lipinski definition) is 0. The molecule has 1 aliphatic heterocycles. The Bertz CT molecular complexity index is 801. The third kappa shape index (κ3) is 3.35. The monoisotopic (exact) mass is 356 g/mol. The number of benzene rings is 2. The Morgan fingerprint density at radius 2 is 1.88 bits per heavy atom. The summed E-state index contributed by atoms with van der Waals surface area (Å²) in [7, 11) is 1.21. The van der Waals surface area contributed by atoms with Gasteiger partial charge in [-0.1, -0.05) is 36.4 Å². The average Bonchev–Trinajstić information content (AvgIpc) is 3.07. The second kappa shape index (κ2) is 7.47. The molecule has 0 bridgehead atoms. The van der Waals surface area contributed by atoms with Crippen LogP contribution in [-0.4, -0.2) is 31.3 Å². The lowest BCUT2D eigenvalue weighted by atomic mass is 9.97. The summed E-state index contributed by atoms with van der Waals surface area (Å²) in [6.07, 6.45) is 0.0623. The van der Waals surface area contributed by atoms with E-state index in [2.05, 4.69) is 0 Å². The number of carbonyl (C=O) groups is 2. The van der Waals surface area contributed by atoms with Crippen molar-refractivity contribution in [1.29, 1.82) is 0 Å². The van der Waals surface area contributed by atoms with Crippen molar-refractivity contribution in [2.45, 2.75) is 25.6 Å². The van der Waals surface area contributed by atoms with E-state index in [1.165, 1.54) is 7.11 Å². The number of rotatable bonds is 6. The van der Waals surface area contributed by atoms with Crippen LogP contribution in [0.5, 0.6) is 11.5 Å². The first kappa shape index (κ1) is 17.8. The van der Waals surface area contributed by atoms with Gasteiger partial charge in [-0.2, -0.15) is 0 Å². The summed E-state index contributed by atoms with van der Waals surface area (Å²) in [5, 5.41) is 0. The molecule has 0 N–H and O–H groups in total. The van der Waals surface area contributed by atoms with Crippen LogP contribution < -0.4 is 9.47 Å². The summed E-state index contributed by atoms with van der Waals surface area (Å²) < 4.78 is 21.3. The van der Waals surface area contributed by atoms with Gasteiger partial charge in [-0.15, -0.1) is 0 Å². The first-order chi connectivity index (χ1) is 12.6. The number of hydrogen-bond acceptors (Lipinski definition) is 6. The van der Waals surface area contributed by atoms with E-state index >= 15 is 0 Å². The van der Waals surface area contributed by atoms with Crippen LogP contribution in [0.1, 0.15) is 18.1 Å². The number of carbonyl (C=O) groups excluding carboxylic acids is 2. The summed E-state index contributed by atoms with van der Waals surface area (Å²) >= 11 is 0. The zero-order valence-electron chi connectivity index (χ0n) is 14.7. The highest BCUT2D eigenvalue weighted by molar-refractivity contribution is 6.05. The predicted molar refractivity (Wildman–Crippen MR) is 92.9 cm³/mol. The lowest BCUT2D eigenvalue weighted by Gasteiger charge is -2.23. The molecule has 0 aliphatic carbocycles. The van der Waals surface area contributed by atoms with Crippen LogP contribution >= 0.6 is 0 Å². The molecule has 1 atom stereocenters. The first-order valence-electron chi connectivity index (χ1n) is 8.33. The molecule has 136 valence electrons. The standard InChI is InChI=1S/C20H20O6/c1-3-24-19(22)20(18(21)23-2)12-15-9-10-16(11-17(15)26-20)25-13-14-7-5-4-6-8-14/h4-11H,3,12-13H2,1-2H3. The maximum Gasteiger partial charge on any atom is 0.362 e. The summed E-state index contributed by atoms with van der Waals surface area (Å²) in [5.41, 5.74) is -0.0506. The van der Waals surface area contributed by atoms with Crippen LogP contribution in [0.25, 0.3) is 0 Å². The predicted octanol–water partition coefficient (Wildman–Crippen LogP) is 2.68. The van der Waals surface area contributed by atoms with Crippen molar-refractivity contribution < 1.29 is 28.5 Å². The molecule has 0 aromatic heterocycles. The molecule has 0 spiro atoms. The summed E-state index contributed by atoms with van der Waals surface area (Å²) in [6.45, 7) is 2.21. The quantitative estimate of drug-likeness (QED) is 0.585. The summed E-state index contributed by atoms with van der Waals surface area (Å²) in [4.78, 5) is 24.6. The highest BCUT2D eigenvalue weighted by atomic mass is 16.6. The van der Waals surface area contributed by atoms with Gasteiger partial charge in [-0.25, -0.2) is 9.59 Å². The molecule has 0 amide bonds. The Morgan fingerprint density at radius 3 is 2.58 bits per heavy atom. The zero-order chi connectivity index (χ0) is 18.6. The van der Waals surface area contributed by atoms with Crippen molar-refractivity contribution in [2.75, 3.05) is 13.7 Å². The minimum Gasteiger partial charge on any atom is -0.489 e. The minimum atomic E-state index is -1.80. The van der Waals surface area contributed by atoms with E-state index in [4.69, 9.17) is 18.9 Å². The van der Waals surface area contributed by atoms with Gasteiger partial charge in [-0.3, -0.25) is 0 Å². The van der Waals surface area contributed by atoms with Gasteiger partial charge in [0, 0.05) is 12.5 Å². The molecule has 0 saturated heterocycles. The van der Waals surface area contributed by atoms with E-state index in [1.807, 2.05) is 30.3 Å². The van der Waals surface area contributed by atoms with Gasteiger partial charge in [0.25, 0.3) is 0 Å². The fourth-order valence-electron chi connectivity index (χ4n) is 2.82. The van der Waals surface area contributed by atoms with Gasteiger partial charge in [0.15, 0.2) is 0 Å². The van der Waals surface area contributed by atoms with Crippen LogP contribution in [0.4, 0.5) is 0 Å². The van der Waals surface area contributed by atoms with Gasteiger partial charge >= 0.3 is 17.5 Å². The number of ether oxygens (including phenoxy) is 4. The molecule has 3 rings (SSSR count). The molecule has 26 heavy (non-hydrogen) atoms. The van der Waals surface area contributed by atoms with Crippen LogP contribution in [-0.2, 0) is 32.1 Å². The van der Waals surface area contributed by atoms with Gasteiger partial charge in [0.05, 0.1) is 13.7 Å². The molecule has 6 nitrogen and oxygen atoms in total. The molecular formula is C20H20O6. The SMILES string of the molecule is CCOC(=O)C1(C(=O)OC)Cc2ccc(OCc3ccccc3)cc2O1. The van der Waals surface area contributed by atoms with Gasteiger partial charge in [-0.05, 0) is 24.1 Å². The number of methoxy groups -OCH3 is 1. The fraction of sp³-hybridized carbons (Fsp3) is 0.300. The largest absolute Gasteiger partial charge is 0.489 e. The van der Waals surface area contributed by atoms with Crippen molar-refractivity contribution >= 4 is 11.9 Å².